The van der Waals surface area contributed by atoms with Crippen LogP contribution in [0.25, 0.3) is 0 Å². The van der Waals surface area contributed by atoms with Crippen molar-refractivity contribution in [3.8, 4) is 0 Å². The predicted octanol–water partition coefficient (Wildman–Crippen LogP) is 1.69. The van der Waals surface area contributed by atoms with Crippen molar-refractivity contribution in [2.45, 2.75) is 32.1 Å². The SMILES string of the molecule is CC(C(=O)NCC(F)(F)F)N1CCc2c(N)cccc2C1. The van der Waals surface area contributed by atoms with E-state index in [-0.39, 0.29) is 0 Å². The third-order valence-corrected chi connectivity index (χ3v) is 3.72. The molecule has 0 fully saturated rings. The van der Waals surface area contributed by atoms with Gasteiger partial charge in [-0.05, 0) is 30.5 Å². The molecule has 0 saturated carbocycles. The van der Waals surface area contributed by atoms with Crippen LogP contribution in [0.2, 0.25) is 0 Å². The Balaban J connectivity index is 1.99. The van der Waals surface area contributed by atoms with Crippen LogP contribution >= 0.6 is 0 Å². The third kappa shape index (κ3) is 3.87. The lowest BCUT2D eigenvalue weighted by atomic mass is 9.97. The first-order chi connectivity index (χ1) is 9.78. The highest BCUT2D eigenvalue weighted by Crippen LogP contribution is 2.25. The quantitative estimate of drug-likeness (QED) is 0.835. The van der Waals surface area contributed by atoms with E-state index in [9.17, 15) is 18.0 Å². The molecule has 0 aliphatic carbocycles. The van der Waals surface area contributed by atoms with Gasteiger partial charge in [-0.15, -0.1) is 0 Å². The summed E-state index contributed by atoms with van der Waals surface area (Å²) in [4.78, 5) is 13.6. The van der Waals surface area contributed by atoms with E-state index in [1.807, 2.05) is 28.4 Å². The molecule has 1 aromatic carbocycles. The molecule has 0 radical (unpaired) electrons. The highest BCUT2D eigenvalue weighted by Gasteiger charge is 2.31. The van der Waals surface area contributed by atoms with Gasteiger partial charge < -0.3 is 11.1 Å². The van der Waals surface area contributed by atoms with Gasteiger partial charge in [0.2, 0.25) is 5.91 Å². The van der Waals surface area contributed by atoms with E-state index in [1.165, 1.54) is 0 Å². The van der Waals surface area contributed by atoms with E-state index >= 15 is 0 Å². The molecule has 3 N–H and O–H groups in total. The van der Waals surface area contributed by atoms with Crippen LogP contribution in [0.15, 0.2) is 18.2 Å². The van der Waals surface area contributed by atoms with Crippen LogP contribution in [0, 0.1) is 0 Å². The number of hydrogen-bond acceptors (Lipinski definition) is 3. The van der Waals surface area contributed by atoms with Crippen molar-refractivity contribution in [1.82, 2.24) is 10.2 Å². The number of nitrogen functional groups attached to an aromatic ring is 1. The number of nitrogens with two attached hydrogens (primary N) is 1. The van der Waals surface area contributed by atoms with E-state index in [4.69, 9.17) is 5.73 Å². The average molecular weight is 301 g/mol. The zero-order valence-electron chi connectivity index (χ0n) is 11.7. The second kappa shape index (κ2) is 5.93. The fourth-order valence-electron chi connectivity index (χ4n) is 2.49. The molecule has 116 valence electrons. The Kier molecular flexibility index (Phi) is 4.41. The minimum atomic E-state index is -4.39. The van der Waals surface area contributed by atoms with E-state index in [0.717, 1.165) is 16.8 Å². The summed E-state index contributed by atoms with van der Waals surface area (Å²) in [5.41, 5.74) is 8.71. The summed E-state index contributed by atoms with van der Waals surface area (Å²) in [6, 6.07) is 4.99. The van der Waals surface area contributed by atoms with Gasteiger partial charge in [-0.25, -0.2) is 0 Å². The molecule has 0 spiro atoms. The number of rotatable bonds is 3. The van der Waals surface area contributed by atoms with E-state index in [0.29, 0.717) is 19.5 Å². The second-order valence-corrected chi connectivity index (χ2v) is 5.21. The van der Waals surface area contributed by atoms with Gasteiger partial charge in [0.05, 0.1) is 6.04 Å². The fraction of sp³-hybridized carbons (Fsp3) is 0.500. The number of nitrogens with one attached hydrogen (secondary N) is 1. The Morgan fingerprint density at radius 3 is 2.86 bits per heavy atom. The summed E-state index contributed by atoms with van der Waals surface area (Å²) in [5.74, 6) is -0.611. The number of hydrogen-bond donors (Lipinski definition) is 2. The molecule has 1 heterocycles. The van der Waals surface area contributed by atoms with Gasteiger partial charge in [0.1, 0.15) is 6.54 Å². The van der Waals surface area contributed by atoms with Crippen LogP contribution in [-0.4, -0.2) is 36.1 Å². The summed E-state index contributed by atoms with van der Waals surface area (Å²) in [7, 11) is 0. The van der Waals surface area contributed by atoms with Crippen molar-refractivity contribution in [3.05, 3.63) is 29.3 Å². The number of halogens is 3. The molecule has 1 atom stereocenters. The lowest BCUT2D eigenvalue weighted by Gasteiger charge is -2.33. The van der Waals surface area contributed by atoms with Crippen LogP contribution in [0.1, 0.15) is 18.1 Å². The smallest absolute Gasteiger partial charge is 0.398 e. The maximum Gasteiger partial charge on any atom is 0.405 e. The molecule has 1 aliphatic rings. The largest absolute Gasteiger partial charge is 0.405 e. The molecular weight excluding hydrogens is 283 g/mol. The van der Waals surface area contributed by atoms with Gasteiger partial charge in [0.15, 0.2) is 0 Å². The molecule has 0 aromatic heterocycles. The first-order valence-electron chi connectivity index (χ1n) is 6.72. The average Bonchev–Trinajstić information content (AvgIpc) is 2.43. The second-order valence-electron chi connectivity index (χ2n) is 5.21. The maximum absolute atomic E-state index is 12.1. The first-order valence-corrected chi connectivity index (χ1v) is 6.72. The van der Waals surface area contributed by atoms with Crippen molar-refractivity contribution < 1.29 is 18.0 Å². The number of nitrogens with zero attached hydrogens (tertiary/aromatic N) is 1. The predicted molar refractivity (Wildman–Crippen MR) is 73.5 cm³/mol. The van der Waals surface area contributed by atoms with E-state index in [1.54, 1.807) is 6.92 Å². The molecule has 1 aromatic rings. The lowest BCUT2D eigenvalue weighted by Crippen LogP contribution is -2.48. The molecular formula is C14H18F3N3O. The highest BCUT2D eigenvalue weighted by molar-refractivity contribution is 5.81. The Bertz CT molecular complexity index is 531. The number of amides is 1. The monoisotopic (exact) mass is 301 g/mol. The van der Waals surface area contributed by atoms with Gasteiger partial charge in [0.25, 0.3) is 0 Å². The Morgan fingerprint density at radius 1 is 1.48 bits per heavy atom. The van der Waals surface area contributed by atoms with Gasteiger partial charge in [0, 0.05) is 18.8 Å². The number of benzene rings is 1. The minimum absolute atomic E-state index is 0.515. The minimum Gasteiger partial charge on any atom is -0.398 e. The summed E-state index contributed by atoms with van der Waals surface area (Å²) >= 11 is 0. The zero-order chi connectivity index (χ0) is 15.6. The van der Waals surface area contributed by atoms with Crippen molar-refractivity contribution in [2.24, 2.45) is 0 Å². The Labute approximate surface area is 121 Å². The summed E-state index contributed by atoms with van der Waals surface area (Å²) < 4.78 is 36.4. The first kappa shape index (κ1) is 15.6. The van der Waals surface area contributed by atoms with Gasteiger partial charge in [-0.1, -0.05) is 12.1 Å². The van der Waals surface area contributed by atoms with Crippen LogP contribution in [0.3, 0.4) is 0 Å². The van der Waals surface area contributed by atoms with Crippen LogP contribution in [-0.2, 0) is 17.8 Å². The zero-order valence-corrected chi connectivity index (χ0v) is 11.7. The normalized spacial score (nSPS) is 17.1. The molecule has 0 saturated heterocycles. The van der Waals surface area contributed by atoms with Crippen molar-refractivity contribution in [2.75, 3.05) is 18.8 Å². The fourth-order valence-corrected chi connectivity index (χ4v) is 2.49. The number of fused-ring (bicyclic) bond motifs is 1. The molecule has 1 aliphatic heterocycles. The molecule has 21 heavy (non-hydrogen) atoms. The Morgan fingerprint density at radius 2 is 2.19 bits per heavy atom. The van der Waals surface area contributed by atoms with Crippen LogP contribution in [0.4, 0.5) is 18.9 Å². The number of carbonyl (C=O) groups excluding carboxylic acids is 1. The summed E-state index contributed by atoms with van der Waals surface area (Å²) in [5, 5.41) is 1.92. The molecule has 2 rings (SSSR count). The third-order valence-electron chi connectivity index (χ3n) is 3.72. The van der Waals surface area contributed by atoms with Gasteiger partial charge >= 0.3 is 6.18 Å². The number of anilines is 1. The molecule has 0 bridgehead atoms. The van der Waals surface area contributed by atoms with Crippen LogP contribution in [0.5, 0.6) is 0 Å². The molecule has 7 heteroatoms. The van der Waals surface area contributed by atoms with Crippen molar-refractivity contribution in [3.63, 3.8) is 0 Å². The van der Waals surface area contributed by atoms with Crippen LogP contribution < -0.4 is 11.1 Å². The van der Waals surface area contributed by atoms with Gasteiger partial charge in [-0.3, -0.25) is 9.69 Å². The van der Waals surface area contributed by atoms with Crippen molar-refractivity contribution >= 4 is 11.6 Å². The summed E-state index contributed by atoms with van der Waals surface area (Å²) in [6.07, 6.45) is -3.70. The molecule has 1 amide bonds. The number of alkyl halides is 3. The summed E-state index contributed by atoms with van der Waals surface area (Å²) in [6.45, 7) is 1.43. The topological polar surface area (TPSA) is 58.4 Å². The standard InChI is InChI=1S/C14H18F3N3O/c1-9(13(21)19-8-14(15,16)17)20-6-5-11-10(7-20)3-2-4-12(11)18/h2-4,9H,5-8,18H2,1H3,(H,19,21). The van der Waals surface area contributed by atoms with E-state index in [2.05, 4.69) is 0 Å². The van der Waals surface area contributed by atoms with Crippen molar-refractivity contribution in [1.29, 1.82) is 0 Å². The number of carbonyl (C=O) groups is 1. The highest BCUT2D eigenvalue weighted by atomic mass is 19.4. The Hall–Kier alpha value is -1.76. The van der Waals surface area contributed by atoms with E-state index < -0.39 is 24.7 Å². The maximum atomic E-state index is 12.1. The molecule has 1 unspecified atom stereocenters. The van der Waals surface area contributed by atoms with Gasteiger partial charge in [-0.2, -0.15) is 13.2 Å². The lowest BCUT2D eigenvalue weighted by molar-refractivity contribution is -0.141. The molecule has 4 nitrogen and oxygen atoms in total.